The van der Waals surface area contributed by atoms with E-state index < -0.39 is 17.6 Å². The maximum absolute atomic E-state index is 14.3. The molecule has 0 saturated carbocycles. The van der Waals surface area contributed by atoms with Gasteiger partial charge in [0.15, 0.2) is 5.96 Å². The number of aliphatic imine (C=N–C) groups is 1. The number of nitrogens with two attached hydrogens (primary N) is 1. The molecular formula is C10H13BrFN3OS. The summed E-state index contributed by atoms with van der Waals surface area (Å²) in [5, 5.41) is 0. The van der Waals surface area contributed by atoms with Crippen molar-refractivity contribution in [1.29, 1.82) is 0 Å². The zero-order valence-corrected chi connectivity index (χ0v) is 11.9. The molecule has 0 spiro atoms. The number of alkyl halides is 1. The molecule has 0 saturated heterocycles. The Morgan fingerprint density at radius 1 is 1.71 bits per heavy atom. The molecule has 4 nitrogen and oxygen atoms in total. The Hall–Kier alpha value is -0.560. The number of carbonyl (C=O) groups is 1. The van der Waals surface area contributed by atoms with Crippen LogP contribution in [0.25, 0.3) is 0 Å². The van der Waals surface area contributed by atoms with Crippen molar-refractivity contribution >= 4 is 39.6 Å². The maximum Gasteiger partial charge on any atom is 0.266 e. The molecule has 0 radical (unpaired) electrons. The summed E-state index contributed by atoms with van der Waals surface area (Å²) in [6, 6.07) is 0. The standard InChI is InChI=1S/C10H13BrFN3OS/c1-10(7-5(11)3-4-17-7)6(12)8(16)15(2)9(13)14-10/h6H,3-4H2,1-2H3,(H2,13,14)/t6?,10-/m0/s1. The zero-order valence-electron chi connectivity index (χ0n) is 9.54. The van der Waals surface area contributed by atoms with Gasteiger partial charge in [0.05, 0.1) is 0 Å². The van der Waals surface area contributed by atoms with Crippen molar-refractivity contribution in [3.8, 4) is 0 Å². The van der Waals surface area contributed by atoms with Crippen LogP contribution >= 0.6 is 27.7 Å². The van der Waals surface area contributed by atoms with Crippen LogP contribution < -0.4 is 5.73 Å². The number of hydrogen-bond donors (Lipinski definition) is 1. The smallest absolute Gasteiger partial charge is 0.266 e. The SMILES string of the molecule is CN1C(=O)C(F)[C@@](C)(C2=C(Br)CCS2)N=C1N. The van der Waals surface area contributed by atoms with Gasteiger partial charge in [-0.15, -0.1) is 11.8 Å². The predicted molar refractivity (Wildman–Crippen MR) is 70.7 cm³/mol. The lowest BCUT2D eigenvalue weighted by Gasteiger charge is -2.36. The van der Waals surface area contributed by atoms with Crippen LogP contribution in [-0.2, 0) is 4.79 Å². The first-order chi connectivity index (χ1) is 7.88. The minimum absolute atomic E-state index is 0.0618. The number of halogens is 2. The molecule has 2 atom stereocenters. The average molecular weight is 322 g/mol. The van der Waals surface area contributed by atoms with Crippen molar-refractivity contribution in [3.05, 3.63) is 9.39 Å². The third kappa shape index (κ3) is 1.89. The fraction of sp³-hybridized carbons (Fsp3) is 0.600. The third-order valence-corrected chi connectivity index (χ3v) is 5.42. The van der Waals surface area contributed by atoms with E-state index in [9.17, 15) is 9.18 Å². The molecule has 17 heavy (non-hydrogen) atoms. The second-order valence-electron chi connectivity index (χ2n) is 4.21. The summed E-state index contributed by atoms with van der Waals surface area (Å²) in [5.41, 5.74) is 4.47. The molecule has 2 rings (SSSR count). The fourth-order valence-electron chi connectivity index (χ4n) is 1.91. The van der Waals surface area contributed by atoms with E-state index in [1.54, 1.807) is 6.92 Å². The van der Waals surface area contributed by atoms with Crippen molar-refractivity contribution in [1.82, 2.24) is 4.90 Å². The summed E-state index contributed by atoms with van der Waals surface area (Å²) in [5.74, 6) is 0.296. The molecule has 0 fully saturated rings. The second kappa shape index (κ2) is 4.28. The summed E-state index contributed by atoms with van der Waals surface area (Å²) in [6.45, 7) is 1.62. The van der Waals surface area contributed by atoms with E-state index in [1.165, 1.54) is 18.8 Å². The van der Waals surface area contributed by atoms with E-state index >= 15 is 0 Å². The molecule has 0 aromatic rings. The van der Waals surface area contributed by atoms with Gasteiger partial charge in [0.1, 0.15) is 5.54 Å². The Bertz CT molecular complexity index is 439. The average Bonchev–Trinajstić information content (AvgIpc) is 2.71. The molecule has 0 aliphatic carbocycles. The van der Waals surface area contributed by atoms with Crippen LogP contribution in [0.1, 0.15) is 13.3 Å². The summed E-state index contributed by atoms with van der Waals surface area (Å²) in [7, 11) is 1.43. The number of amides is 1. The molecule has 2 aliphatic rings. The molecular weight excluding hydrogens is 309 g/mol. The van der Waals surface area contributed by atoms with E-state index in [0.717, 1.165) is 26.5 Å². The number of nitrogens with zero attached hydrogens (tertiary/aromatic N) is 2. The number of thioether (sulfide) groups is 1. The first-order valence-electron chi connectivity index (χ1n) is 5.17. The molecule has 2 heterocycles. The van der Waals surface area contributed by atoms with Gasteiger partial charge in [0.2, 0.25) is 6.17 Å². The van der Waals surface area contributed by atoms with Crippen molar-refractivity contribution < 1.29 is 9.18 Å². The Morgan fingerprint density at radius 2 is 2.35 bits per heavy atom. The molecule has 94 valence electrons. The minimum atomic E-state index is -1.69. The largest absolute Gasteiger partial charge is 0.369 e. The maximum atomic E-state index is 14.3. The van der Waals surface area contributed by atoms with Crippen molar-refractivity contribution in [2.75, 3.05) is 12.8 Å². The Kier molecular flexibility index (Phi) is 3.24. The van der Waals surface area contributed by atoms with Crippen LogP contribution in [0.15, 0.2) is 14.4 Å². The fourth-order valence-corrected chi connectivity index (χ4v) is 4.33. The van der Waals surface area contributed by atoms with Crippen molar-refractivity contribution in [3.63, 3.8) is 0 Å². The van der Waals surface area contributed by atoms with E-state index in [-0.39, 0.29) is 5.96 Å². The van der Waals surface area contributed by atoms with Crippen LogP contribution in [0.3, 0.4) is 0 Å². The number of carbonyl (C=O) groups excluding carboxylic acids is 1. The molecule has 0 aromatic heterocycles. The van der Waals surface area contributed by atoms with E-state index in [0.29, 0.717) is 0 Å². The lowest BCUT2D eigenvalue weighted by molar-refractivity contribution is -0.134. The highest BCUT2D eigenvalue weighted by molar-refractivity contribution is 9.11. The highest BCUT2D eigenvalue weighted by Crippen LogP contribution is 2.46. The third-order valence-electron chi connectivity index (χ3n) is 3.01. The van der Waals surface area contributed by atoms with E-state index in [4.69, 9.17) is 5.73 Å². The zero-order chi connectivity index (χ0) is 12.8. The van der Waals surface area contributed by atoms with Crippen LogP contribution in [0.2, 0.25) is 0 Å². The Balaban J connectivity index is 2.50. The quantitative estimate of drug-likeness (QED) is 0.798. The van der Waals surface area contributed by atoms with Gasteiger partial charge in [-0.25, -0.2) is 9.38 Å². The highest BCUT2D eigenvalue weighted by atomic mass is 79.9. The van der Waals surface area contributed by atoms with Gasteiger partial charge in [0.25, 0.3) is 5.91 Å². The molecule has 1 amide bonds. The monoisotopic (exact) mass is 321 g/mol. The molecule has 0 aromatic carbocycles. The molecule has 2 aliphatic heterocycles. The van der Waals surface area contributed by atoms with Crippen molar-refractivity contribution in [2.24, 2.45) is 10.7 Å². The molecule has 7 heteroatoms. The van der Waals surface area contributed by atoms with E-state index in [1.807, 2.05) is 0 Å². The van der Waals surface area contributed by atoms with Gasteiger partial charge in [-0.2, -0.15) is 0 Å². The minimum Gasteiger partial charge on any atom is -0.369 e. The summed E-state index contributed by atoms with van der Waals surface area (Å²) in [6.07, 6.45) is -0.852. The molecule has 1 unspecified atom stereocenters. The number of allylic oxidation sites excluding steroid dienone is 1. The van der Waals surface area contributed by atoms with Gasteiger partial charge >= 0.3 is 0 Å². The Labute approximate surface area is 112 Å². The van der Waals surface area contributed by atoms with Gasteiger partial charge in [-0.1, -0.05) is 15.9 Å². The number of guanidine groups is 1. The number of hydrogen-bond acceptors (Lipinski definition) is 4. The van der Waals surface area contributed by atoms with Crippen LogP contribution in [0.4, 0.5) is 4.39 Å². The van der Waals surface area contributed by atoms with Crippen molar-refractivity contribution in [2.45, 2.75) is 25.1 Å². The summed E-state index contributed by atoms with van der Waals surface area (Å²) >= 11 is 4.94. The predicted octanol–water partition coefficient (Wildman–Crippen LogP) is 1.61. The van der Waals surface area contributed by atoms with Crippen LogP contribution in [-0.4, -0.2) is 41.3 Å². The second-order valence-corrected chi connectivity index (χ2v) is 6.27. The highest BCUT2D eigenvalue weighted by Gasteiger charge is 2.49. The first-order valence-corrected chi connectivity index (χ1v) is 6.94. The topological polar surface area (TPSA) is 58.7 Å². The summed E-state index contributed by atoms with van der Waals surface area (Å²) in [4.78, 5) is 17.8. The molecule has 0 bridgehead atoms. The van der Waals surface area contributed by atoms with Crippen LogP contribution in [0.5, 0.6) is 0 Å². The lowest BCUT2D eigenvalue weighted by Crippen LogP contribution is -2.56. The normalized spacial score (nSPS) is 34.4. The number of rotatable bonds is 1. The van der Waals surface area contributed by atoms with Gasteiger partial charge in [-0.3, -0.25) is 9.69 Å². The first kappa shape index (κ1) is 12.9. The molecule has 2 N–H and O–H groups in total. The lowest BCUT2D eigenvalue weighted by atomic mass is 9.93. The van der Waals surface area contributed by atoms with Crippen LogP contribution in [0, 0.1) is 0 Å². The Morgan fingerprint density at radius 3 is 2.88 bits per heavy atom. The van der Waals surface area contributed by atoms with E-state index in [2.05, 4.69) is 20.9 Å². The van der Waals surface area contributed by atoms with Gasteiger partial charge in [0, 0.05) is 22.2 Å². The van der Waals surface area contributed by atoms with Gasteiger partial charge < -0.3 is 5.73 Å². The summed E-state index contributed by atoms with van der Waals surface area (Å²) < 4.78 is 15.2. The van der Waals surface area contributed by atoms with Gasteiger partial charge in [-0.05, 0) is 13.3 Å².